The Morgan fingerprint density at radius 3 is 2.81 bits per heavy atom. The molecular weight excluding hydrogens is 287 g/mol. The molecule has 1 N–H and O–H groups in total. The number of nitrogens with zero attached hydrogens (tertiary/aromatic N) is 1. The second kappa shape index (κ2) is 6.26. The third-order valence-electron chi connectivity index (χ3n) is 3.59. The van der Waals surface area contributed by atoms with E-state index in [1.165, 1.54) is 12.1 Å². The SMILES string of the molecule is O=C(Cc1cccs1)Nc1cc(F)ccc1N1CCCC1. The van der Waals surface area contributed by atoms with Crippen molar-refractivity contribution in [1.29, 1.82) is 0 Å². The Morgan fingerprint density at radius 2 is 2.10 bits per heavy atom. The van der Waals surface area contributed by atoms with Crippen LogP contribution in [0.25, 0.3) is 0 Å². The Labute approximate surface area is 127 Å². The normalized spacial score (nSPS) is 14.4. The predicted octanol–water partition coefficient (Wildman–Crippen LogP) is 3.67. The molecule has 1 aromatic heterocycles. The Kier molecular flexibility index (Phi) is 4.20. The van der Waals surface area contributed by atoms with Crippen molar-refractivity contribution in [1.82, 2.24) is 0 Å². The zero-order chi connectivity index (χ0) is 14.7. The summed E-state index contributed by atoms with van der Waals surface area (Å²) in [5.41, 5.74) is 1.48. The lowest BCUT2D eigenvalue weighted by Crippen LogP contribution is -2.21. The molecule has 0 saturated carbocycles. The number of halogens is 1. The van der Waals surface area contributed by atoms with Crippen LogP contribution in [0.2, 0.25) is 0 Å². The molecule has 0 bridgehead atoms. The van der Waals surface area contributed by atoms with E-state index in [4.69, 9.17) is 0 Å². The minimum atomic E-state index is -0.329. The summed E-state index contributed by atoms with van der Waals surface area (Å²) in [6.45, 7) is 1.92. The highest BCUT2D eigenvalue weighted by Gasteiger charge is 2.17. The van der Waals surface area contributed by atoms with Gasteiger partial charge in [-0.2, -0.15) is 0 Å². The quantitative estimate of drug-likeness (QED) is 0.934. The Hall–Kier alpha value is -1.88. The fraction of sp³-hybridized carbons (Fsp3) is 0.312. The van der Waals surface area contributed by atoms with Crippen molar-refractivity contribution in [2.24, 2.45) is 0 Å². The van der Waals surface area contributed by atoms with Gasteiger partial charge in [0, 0.05) is 18.0 Å². The highest BCUT2D eigenvalue weighted by molar-refractivity contribution is 7.10. The number of benzene rings is 1. The molecule has 110 valence electrons. The van der Waals surface area contributed by atoms with Crippen LogP contribution in [0.4, 0.5) is 15.8 Å². The van der Waals surface area contributed by atoms with E-state index < -0.39 is 0 Å². The van der Waals surface area contributed by atoms with Crippen LogP contribution < -0.4 is 10.2 Å². The number of carbonyl (C=O) groups is 1. The first-order chi connectivity index (χ1) is 10.2. The topological polar surface area (TPSA) is 32.3 Å². The van der Waals surface area contributed by atoms with Crippen LogP contribution in [0, 0.1) is 5.82 Å². The Bertz CT molecular complexity index is 621. The van der Waals surface area contributed by atoms with Gasteiger partial charge < -0.3 is 10.2 Å². The van der Waals surface area contributed by atoms with Crippen LogP contribution in [0.1, 0.15) is 17.7 Å². The van der Waals surface area contributed by atoms with Crippen LogP contribution in [-0.2, 0) is 11.2 Å². The number of carbonyl (C=O) groups excluding carboxylic acids is 1. The van der Waals surface area contributed by atoms with Crippen molar-refractivity contribution in [3.8, 4) is 0 Å². The van der Waals surface area contributed by atoms with E-state index in [0.29, 0.717) is 12.1 Å². The second-order valence-electron chi connectivity index (χ2n) is 5.16. The summed E-state index contributed by atoms with van der Waals surface area (Å²) in [5.74, 6) is -0.437. The molecule has 2 aromatic rings. The molecule has 0 spiro atoms. The molecule has 2 heterocycles. The molecule has 3 nitrogen and oxygen atoms in total. The molecule has 0 unspecified atom stereocenters. The lowest BCUT2D eigenvalue weighted by molar-refractivity contribution is -0.115. The molecule has 5 heteroatoms. The van der Waals surface area contributed by atoms with Gasteiger partial charge in [-0.15, -0.1) is 11.3 Å². The van der Waals surface area contributed by atoms with Crippen molar-refractivity contribution in [2.45, 2.75) is 19.3 Å². The molecule has 3 rings (SSSR count). The molecule has 1 aliphatic heterocycles. The number of nitrogens with one attached hydrogen (secondary N) is 1. The molecule has 1 fully saturated rings. The van der Waals surface area contributed by atoms with Gasteiger partial charge in [0.2, 0.25) is 5.91 Å². The number of anilines is 2. The van der Waals surface area contributed by atoms with Crippen molar-refractivity contribution in [3.05, 3.63) is 46.4 Å². The number of hydrogen-bond acceptors (Lipinski definition) is 3. The van der Waals surface area contributed by atoms with Gasteiger partial charge in [0.05, 0.1) is 17.8 Å². The molecule has 1 aliphatic rings. The molecule has 21 heavy (non-hydrogen) atoms. The van der Waals surface area contributed by atoms with Crippen molar-refractivity contribution >= 4 is 28.6 Å². The van der Waals surface area contributed by atoms with Crippen LogP contribution in [0.5, 0.6) is 0 Å². The number of amides is 1. The molecule has 0 radical (unpaired) electrons. The predicted molar refractivity (Wildman–Crippen MR) is 84.5 cm³/mol. The zero-order valence-corrected chi connectivity index (χ0v) is 12.5. The minimum Gasteiger partial charge on any atom is -0.370 e. The second-order valence-corrected chi connectivity index (χ2v) is 6.19. The third kappa shape index (κ3) is 3.42. The number of thiophene rings is 1. The highest BCUT2D eigenvalue weighted by Crippen LogP contribution is 2.29. The van der Waals surface area contributed by atoms with E-state index in [9.17, 15) is 9.18 Å². The van der Waals surface area contributed by atoms with Crippen LogP contribution in [0.15, 0.2) is 35.7 Å². The van der Waals surface area contributed by atoms with Crippen molar-refractivity contribution in [2.75, 3.05) is 23.3 Å². The molecule has 1 aromatic carbocycles. The molecule has 0 aliphatic carbocycles. The van der Waals surface area contributed by atoms with E-state index in [2.05, 4.69) is 10.2 Å². The zero-order valence-electron chi connectivity index (χ0n) is 11.6. The summed E-state index contributed by atoms with van der Waals surface area (Å²) in [6.07, 6.45) is 2.60. The Morgan fingerprint density at radius 1 is 1.29 bits per heavy atom. The van der Waals surface area contributed by atoms with E-state index in [1.807, 2.05) is 17.5 Å². The van der Waals surface area contributed by atoms with Gasteiger partial charge in [0.25, 0.3) is 0 Å². The summed E-state index contributed by atoms with van der Waals surface area (Å²) in [4.78, 5) is 15.3. The van der Waals surface area contributed by atoms with Gasteiger partial charge in [-0.1, -0.05) is 6.07 Å². The fourth-order valence-corrected chi connectivity index (χ4v) is 3.31. The van der Waals surface area contributed by atoms with Gasteiger partial charge in [-0.3, -0.25) is 4.79 Å². The van der Waals surface area contributed by atoms with E-state index in [1.54, 1.807) is 17.4 Å². The summed E-state index contributed by atoms with van der Waals surface area (Å²) in [5, 5.41) is 4.80. The fourth-order valence-electron chi connectivity index (χ4n) is 2.61. The maximum atomic E-state index is 13.5. The third-order valence-corrected chi connectivity index (χ3v) is 4.47. The van der Waals surface area contributed by atoms with Gasteiger partial charge in [0.1, 0.15) is 5.82 Å². The van der Waals surface area contributed by atoms with Gasteiger partial charge >= 0.3 is 0 Å². The number of rotatable bonds is 4. The van der Waals surface area contributed by atoms with Gasteiger partial charge in [-0.05, 0) is 42.5 Å². The first-order valence-electron chi connectivity index (χ1n) is 7.09. The Balaban J connectivity index is 1.76. The molecule has 0 atom stereocenters. The van der Waals surface area contributed by atoms with Crippen molar-refractivity contribution < 1.29 is 9.18 Å². The first kappa shape index (κ1) is 14.1. The minimum absolute atomic E-state index is 0.108. The summed E-state index contributed by atoms with van der Waals surface area (Å²) in [7, 11) is 0. The van der Waals surface area contributed by atoms with Gasteiger partial charge in [0.15, 0.2) is 0 Å². The summed E-state index contributed by atoms with van der Waals surface area (Å²) >= 11 is 1.55. The first-order valence-corrected chi connectivity index (χ1v) is 7.97. The summed E-state index contributed by atoms with van der Waals surface area (Å²) in [6, 6.07) is 8.45. The van der Waals surface area contributed by atoms with Crippen LogP contribution >= 0.6 is 11.3 Å². The van der Waals surface area contributed by atoms with Crippen molar-refractivity contribution in [3.63, 3.8) is 0 Å². The van der Waals surface area contributed by atoms with E-state index in [0.717, 1.165) is 36.5 Å². The van der Waals surface area contributed by atoms with Crippen LogP contribution in [-0.4, -0.2) is 19.0 Å². The molecule has 1 saturated heterocycles. The molecular formula is C16H17FN2OS. The summed E-state index contributed by atoms with van der Waals surface area (Å²) < 4.78 is 13.5. The lowest BCUT2D eigenvalue weighted by Gasteiger charge is -2.21. The highest BCUT2D eigenvalue weighted by atomic mass is 32.1. The average Bonchev–Trinajstić information content (AvgIpc) is 3.11. The average molecular weight is 304 g/mol. The molecule has 1 amide bonds. The van der Waals surface area contributed by atoms with E-state index >= 15 is 0 Å². The maximum absolute atomic E-state index is 13.5. The lowest BCUT2D eigenvalue weighted by atomic mass is 10.2. The maximum Gasteiger partial charge on any atom is 0.229 e. The van der Waals surface area contributed by atoms with E-state index in [-0.39, 0.29) is 11.7 Å². The monoisotopic (exact) mass is 304 g/mol. The van der Waals surface area contributed by atoms with Crippen LogP contribution in [0.3, 0.4) is 0 Å². The standard InChI is InChI=1S/C16H17FN2OS/c17-12-5-6-15(19-7-1-2-8-19)14(10-12)18-16(20)11-13-4-3-9-21-13/h3-6,9-10H,1-2,7-8,11H2,(H,18,20). The van der Waals surface area contributed by atoms with Gasteiger partial charge in [-0.25, -0.2) is 4.39 Å². The number of hydrogen-bond donors (Lipinski definition) is 1. The largest absolute Gasteiger partial charge is 0.370 e. The smallest absolute Gasteiger partial charge is 0.229 e.